The molecule has 6 atom stereocenters. The molecule has 3 N–H and O–H groups in total. The zero-order valence-corrected chi connectivity index (χ0v) is 32.5. The zero-order chi connectivity index (χ0) is 36.7. The van der Waals surface area contributed by atoms with Crippen LogP contribution in [0.3, 0.4) is 0 Å². The second-order valence-electron chi connectivity index (χ2n) is 14.4. The molecule has 11 nitrogen and oxygen atoms in total. The van der Waals surface area contributed by atoms with E-state index in [0.29, 0.717) is 13.0 Å². The summed E-state index contributed by atoms with van der Waals surface area (Å²) in [7, 11) is 6.99. The van der Waals surface area contributed by atoms with E-state index in [0.717, 1.165) is 37.9 Å². The van der Waals surface area contributed by atoms with Crippen molar-refractivity contribution >= 4 is 35.3 Å². The van der Waals surface area contributed by atoms with Gasteiger partial charge in [0.05, 0.1) is 12.1 Å². The Morgan fingerprint density at radius 2 is 1.67 bits per heavy atom. The number of methoxy groups -OCH3 is 1. The number of nitrogens with zero attached hydrogens (tertiary/aromatic N) is 3. The van der Waals surface area contributed by atoms with E-state index in [9.17, 15) is 19.2 Å². The number of carbonyl (C=O) groups is 4. The highest BCUT2D eigenvalue weighted by atomic mass is 32.2. The third-order valence-electron chi connectivity index (χ3n) is 9.60. The van der Waals surface area contributed by atoms with Crippen LogP contribution in [0.15, 0.2) is 30.3 Å². The van der Waals surface area contributed by atoms with Gasteiger partial charge >= 0.3 is 0 Å². The molecule has 0 aliphatic carbocycles. The first kappa shape index (κ1) is 42.7. The molecule has 0 bridgehead atoms. The van der Waals surface area contributed by atoms with E-state index in [1.165, 1.54) is 0 Å². The van der Waals surface area contributed by atoms with Crippen molar-refractivity contribution in [3.8, 4) is 0 Å². The maximum Gasteiger partial charge on any atom is 0.245 e. The van der Waals surface area contributed by atoms with E-state index in [1.807, 2.05) is 83.9 Å². The van der Waals surface area contributed by atoms with Gasteiger partial charge in [-0.15, -0.1) is 0 Å². The fourth-order valence-corrected chi connectivity index (χ4v) is 7.63. The number of hydrazine groups is 1. The van der Waals surface area contributed by atoms with E-state index in [2.05, 4.69) is 27.3 Å². The number of ketones is 1. The van der Waals surface area contributed by atoms with E-state index in [-0.39, 0.29) is 71.6 Å². The van der Waals surface area contributed by atoms with Gasteiger partial charge in [0, 0.05) is 57.3 Å². The Kier molecular flexibility index (Phi) is 18.8. The Morgan fingerprint density at radius 1 is 1.00 bits per heavy atom. The number of Topliss-reactive ketones (excluding diaryl/α,β-unsaturated/α-hetero) is 1. The number of benzene rings is 1. The highest BCUT2D eigenvalue weighted by Crippen LogP contribution is 2.29. The number of amides is 3. The summed E-state index contributed by atoms with van der Waals surface area (Å²) in [6.07, 6.45) is 5.08. The molecule has 0 aromatic heterocycles. The van der Waals surface area contributed by atoms with Gasteiger partial charge in [-0.05, 0) is 70.1 Å². The lowest BCUT2D eigenvalue weighted by Crippen LogP contribution is -2.56. The smallest absolute Gasteiger partial charge is 0.245 e. The summed E-state index contributed by atoms with van der Waals surface area (Å²) in [5.74, 6) is -0.470. The quantitative estimate of drug-likeness (QED) is 0.156. The number of likely N-dealkylation sites (N-methyl/N-ethyl adjacent to an activating group) is 2. The summed E-state index contributed by atoms with van der Waals surface area (Å²) in [5, 5.41) is 3.15. The third kappa shape index (κ3) is 14.0. The van der Waals surface area contributed by atoms with Gasteiger partial charge in [0.15, 0.2) is 0 Å². The second-order valence-corrected chi connectivity index (χ2v) is 15.5. The summed E-state index contributed by atoms with van der Waals surface area (Å²) in [6, 6.07) is 9.21. The number of thioether (sulfide) groups is 1. The molecular weight excluding hydrogens is 641 g/mol. The molecule has 12 heteroatoms. The van der Waals surface area contributed by atoms with Gasteiger partial charge in [-0.25, -0.2) is 5.43 Å². The van der Waals surface area contributed by atoms with E-state index < -0.39 is 12.1 Å². The highest BCUT2D eigenvalue weighted by molar-refractivity contribution is 7.99. The molecule has 1 aliphatic rings. The summed E-state index contributed by atoms with van der Waals surface area (Å²) in [6.45, 7) is 12.4. The van der Waals surface area contributed by atoms with Crippen LogP contribution < -0.4 is 16.2 Å². The van der Waals surface area contributed by atoms with Gasteiger partial charge in [-0.1, -0.05) is 65.0 Å². The number of carbonyl (C=O) groups excluding carboxylic acids is 4. The van der Waals surface area contributed by atoms with Crippen molar-refractivity contribution in [2.24, 2.45) is 17.8 Å². The van der Waals surface area contributed by atoms with Gasteiger partial charge < -0.3 is 15.0 Å². The third-order valence-corrected chi connectivity index (χ3v) is 10.7. The molecule has 3 amide bonds. The molecule has 49 heavy (non-hydrogen) atoms. The van der Waals surface area contributed by atoms with Crippen LogP contribution in [0.1, 0.15) is 72.3 Å². The van der Waals surface area contributed by atoms with Crippen molar-refractivity contribution in [1.82, 2.24) is 30.9 Å². The largest absolute Gasteiger partial charge is 0.379 e. The summed E-state index contributed by atoms with van der Waals surface area (Å²) >= 11 is 1.73. The van der Waals surface area contributed by atoms with Crippen LogP contribution in [-0.4, -0.2) is 122 Å². The molecular formula is C37H64N6O5S. The van der Waals surface area contributed by atoms with Crippen molar-refractivity contribution in [2.45, 2.75) is 103 Å². The molecule has 6 unspecified atom stereocenters. The van der Waals surface area contributed by atoms with E-state index in [4.69, 9.17) is 4.74 Å². The number of rotatable bonds is 22. The average molecular weight is 705 g/mol. The molecule has 1 aromatic carbocycles. The number of likely N-dealkylation sites (tertiary alicyclic amines) is 1. The minimum absolute atomic E-state index is 0.0184. The van der Waals surface area contributed by atoms with Crippen LogP contribution in [0.5, 0.6) is 0 Å². The molecule has 1 saturated heterocycles. The summed E-state index contributed by atoms with van der Waals surface area (Å²) in [4.78, 5) is 58.6. The Bertz CT molecular complexity index is 1160. The van der Waals surface area contributed by atoms with Crippen LogP contribution in [0, 0.1) is 17.8 Å². The van der Waals surface area contributed by atoms with Crippen molar-refractivity contribution in [1.29, 1.82) is 0 Å². The molecule has 0 spiro atoms. The fourth-order valence-electron chi connectivity index (χ4n) is 6.69. The maximum absolute atomic E-state index is 13.5. The van der Waals surface area contributed by atoms with Gasteiger partial charge in [-0.2, -0.15) is 11.8 Å². The monoisotopic (exact) mass is 704 g/mol. The maximum atomic E-state index is 13.5. The van der Waals surface area contributed by atoms with Crippen molar-refractivity contribution < 1.29 is 23.9 Å². The van der Waals surface area contributed by atoms with Crippen LogP contribution in [-0.2, 0) is 30.5 Å². The predicted octanol–water partition coefficient (Wildman–Crippen LogP) is 3.58. The fraction of sp³-hybridized carbons (Fsp3) is 0.730. The van der Waals surface area contributed by atoms with Crippen molar-refractivity contribution in [3.63, 3.8) is 0 Å². The first-order valence-corrected chi connectivity index (χ1v) is 19.1. The van der Waals surface area contributed by atoms with E-state index >= 15 is 0 Å². The van der Waals surface area contributed by atoms with Crippen LogP contribution in [0.25, 0.3) is 0 Å². The van der Waals surface area contributed by atoms with Crippen LogP contribution in [0.2, 0.25) is 0 Å². The molecule has 1 heterocycles. The molecule has 2 rings (SSSR count). The topological polar surface area (TPSA) is 123 Å². The lowest BCUT2D eigenvalue weighted by Gasteiger charge is -2.33. The number of hydrogen-bond donors (Lipinski definition) is 3. The number of hydrogen-bond acceptors (Lipinski definition) is 9. The average Bonchev–Trinajstić information content (AvgIpc) is 3.52. The van der Waals surface area contributed by atoms with Crippen LogP contribution >= 0.6 is 11.8 Å². The summed E-state index contributed by atoms with van der Waals surface area (Å²) in [5.41, 5.74) is 7.00. The lowest BCUT2D eigenvalue weighted by molar-refractivity contribution is -0.140. The Morgan fingerprint density at radius 3 is 2.24 bits per heavy atom. The normalized spacial score (nSPS) is 18.3. The standard InChI is InChI=1S/C37H64N6O5S/c1-25(2)34(39-36(46)35(26(3)4)41(6)7)37(47)42(8)24-29(48-9)21-31(44)27(5)18-20-43-19-14-17-30(43)32(49-10)22-33(45)40-38-23-28-15-12-11-13-16-28/h11-13,15-16,25-27,29-30,32,34-35,38H,14,17-24H2,1-10H3,(H,39,46)(H,40,45). The first-order valence-electron chi connectivity index (χ1n) is 17.8. The molecule has 1 fully saturated rings. The zero-order valence-electron chi connectivity index (χ0n) is 31.7. The number of ether oxygens (including phenoxy) is 1. The van der Waals surface area contributed by atoms with Crippen molar-refractivity contribution in [2.75, 3.05) is 54.1 Å². The van der Waals surface area contributed by atoms with Gasteiger partial charge in [0.1, 0.15) is 11.8 Å². The van der Waals surface area contributed by atoms with Gasteiger partial charge in [-0.3, -0.25) is 34.4 Å². The Hall–Kier alpha value is -2.51. The van der Waals surface area contributed by atoms with Crippen molar-refractivity contribution in [3.05, 3.63) is 35.9 Å². The predicted molar refractivity (Wildman–Crippen MR) is 199 cm³/mol. The van der Waals surface area contributed by atoms with Gasteiger partial charge in [0.2, 0.25) is 17.7 Å². The summed E-state index contributed by atoms with van der Waals surface area (Å²) < 4.78 is 5.68. The Balaban J connectivity index is 1.88. The lowest BCUT2D eigenvalue weighted by atomic mass is 9.96. The molecule has 1 aromatic rings. The molecule has 0 radical (unpaired) electrons. The Labute approximate surface area is 300 Å². The minimum atomic E-state index is -0.680. The number of nitrogens with one attached hydrogen (secondary N) is 3. The molecule has 278 valence electrons. The molecule has 0 saturated carbocycles. The second kappa shape index (κ2) is 21.6. The minimum Gasteiger partial charge on any atom is -0.379 e. The molecule has 1 aliphatic heterocycles. The SMILES string of the molecule is COC(CC(=O)C(C)CCN1CCCC1C(CC(=O)NNCc1ccccc1)SC)CN(C)C(=O)C(NC(=O)C(C(C)C)N(C)C)C(C)C. The highest BCUT2D eigenvalue weighted by Gasteiger charge is 2.35. The van der Waals surface area contributed by atoms with E-state index in [1.54, 1.807) is 30.8 Å². The van der Waals surface area contributed by atoms with Crippen LogP contribution in [0.4, 0.5) is 0 Å². The first-order chi connectivity index (χ1) is 23.2. The van der Waals surface area contributed by atoms with Gasteiger partial charge in [0.25, 0.3) is 0 Å².